The number of rotatable bonds is 54. The van der Waals surface area contributed by atoms with Crippen LogP contribution in [0.1, 0.15) is 234 Å². The summed E-state index contributed by atoms with van der Waals surface area (Å²) in [7, 11) is -4.30. The van der Waals surface area contributed by atoms with Crippen LogP contribution in [0.2, 0.25) is 0 Å². The SMILES string of the molecule is C=C(C)C(=O)OCCCCCCC(CCCCCCOC(=O)C(=C)C)OP(=O)(OC(CCCCCCOC(=O)C(=C)C)CCCCCCOC(=O)C(=C)C)OC(CCCCCCOC(=O)C(=C)C)CCCCCCOC(=O)C(=C)C. The predicted molar refractivity (Wildman–Crippen MR) is 315 cm³/mol. The van der Waals surface area contributed by atoms with Crippen molar-refractivity contribution in [2.45, 2.75) is 252 Å². The van der Waals surface area contributed by atoms with Crippen LogP contribution >= 0.6 is 7.82 Å². The van der Waals surface area contributed by atoms with Crippen molar-refractivity contribution >= 4 is 43.6 Å². The highest BCUT2D eigenvalue weighted by Crippen LogP contribution is 2.55. The quantitative estimate of drug-likeness (QED) is 0.0183. The lowest BCUT2D eigenvalue weighted by atomic mass is 10.0. The minimum Gasteiger partial charge on any atom is -0.462 e. The number of phosphoric ester groups is 1. The van der Waals surface area contributed by atoms with E-state index in [4.69, 9.17) is 42.0 Å². The summed E-state index contributed by atoms with van der Waals surface area (Å²) in [5.41, 5.74) is 2.12. The van der Waals surface area contributed by atoms with E-state index in [9.17, 15) is 28.8 Å². The Hall–Kier alpha value is -4.63. The van der Waals surface area contributed by atoms with E-state index < -0.39 is 62.0 Å². The van der Waals surface area contributed by atoms with E-state index in [2.05, 4.69) is 39.5 Å². The summed E-state index contributed by atoms with van der Waals surface area (Å²) in [6.45, 7) is 33.4. The summed E-state index contributed by atoms with van der Waals surface area (Å²) in [6, 6.07) is 0. The molecule has 16 nitrogen and oxygen atoms in total. The van der Waals surface area contributed by atoms with Gasteiger partial charge in [-0.3, -0.25) is 13.6 Å². The Balaban J connectivity index is 6.83. The van der Waals surface area contributed by atoms with Crippen LogP contribution in [0.5, 0.6) is 0 Å². The Morgan fingerprint density at radius 3 is 0.537 bits per heavy atom. The summed E-state index contributed by atoms with van der Waals surface area (Å²) in [6.07, 6.45) is 20.6. The average molecular weight is 1150 g/mol. The number of hydrogen-bond acceptors (Lipinski definition) is 16. The van der Waals surface area contributed by atoms with Crippen molar-refractivity contribution in [3.8, 4) is 0 Å². The van der Waals surface area contributed by atoms with Crippen LogP contribution < -0.4 is 0 Å². The Bertz CT molecular complexity index is 1610. The molecule has 0 saturated heterocycles. The van der Waals surface area contributed by atoms with E-state index in [0.717, 1.165) is 116 Å². The maximum Gasteiger partial charge on any atom is 0.475 e. The first-order valence-corrected chi connectivity index (χ1v) is 31.2. The zero-order chi connectivity index (χ0) is 60.0. The number of unbranched alkanes of at least 4 members (excludes halogenated alkanes) is 18. The molecule has 0 spiro atoms. The molecule has 17 heteroatoms. The Labute approximate surface area is 482 Å². The van der Waals surface area contributed by atoms with Crippen LogP contribution in [0.25, 0.3) is 0 Å². The van der Waals surface area contributed by atoms with Crippen molar-refractivity contribution in [2.75, 3.05) is 39.6 Å². The molecule has 0 unspecified atom stereocenters. The minimum absolute atomic E-state index is 0.294. The zero-order valence-electron chi connectivity index (χ0n) is 50.4. The first-order chi connectivity index (χ1) is 38.1. The summed E-state index contributed by atoms with van der Waals surface area (Å²) >= 11 is 0. The fourth-order valence-electron chi connectivity index (χ4n) is 8.07. The van der Waals surface area contributed by atoms with E-state index in [1.165, 1.54) is 0 Å². The van der Waals surface area contributed by atoms with Crippen molar-refractivity contribution in [3.05, 3.63) is 72.9 Å². The van der Waals surface area contributed by atoms with Crippen LogP contribution in [0.4, 0.5) is 0 Å². The molecule has 0 atom stereocenters. The van der Waals surface area contributed by atoms with Crippen molar-refractivity contribution in [1.29, 1.82) is 0 Å². The molecule has 0 aliphatic heterocycles. The summed E-state index contributed by atoms with van der Waals surface area (Å²) in [5.74, 6) is -2.47. The molecule has 0 aromatic rings. The molecule has 0 heterocycles. The minimum atomic E-state index is -4.30. The number of esters is 6. The van der Waals surface area contributed by atoms with Gasteiger partial charge < -0.3 is 28.4 Å². The van der Waals surface area contributed by atoms with Gasteiger partial charge in [0.1, 0.15) is 0 Å². The van der Waals surface area contributed by atoms with E-state index in [-0.39, 0.29) is 0 Å². The smallest absolute Gasteiger partial charge is 0.462 e. The van der Waals surface area contributed by atoms with Crippen LogP contribution in [0.15, 0.2) is 72.9 Å². The molecule has 0 N–H and O–H groups in total. The molecule has 0 rings (SSSR count). The average Bonchev–Trinajstić information content (AvgIpc) is 3.40. The number of phosphoric acid groups is 1. The molecule has 0 amide bonds. The standard InChI is InChI=1S/C63H105O16P/c1-49(2)58(64)71-43-31-19-13-25-37-55(38-26-14-20-32-44-72-59(65)50(3)4)77-80(70,78-56(39-27-15-21-33-45-73-60(66)51(5)6)40-28-16-22-34-46-74-61(67)52(7)8)79-57(41-29-17-23-35-47-75-62(68)53(9)10)42-30-18-24-36-48-76-63(69)54(11)12/h55-57H,1,3,5,7,9,11,13-48H2,2,4,6,8,10,12H3. The zero-order valence-corrected chi connectivity index (χ0v) is 51.3. The maximum atomic E-state index is 15.8. The van der Waals surface area contributed by atoms with E-state index in [0.29, 0.717) is 150 Å². The van der Waals surface area contributed by atoms with Gasteiger partial charge in [-0.2, -0.15) is 0 Å². The third kappa shape index (κ3) is 43.1. The lowest BCUT2D eigenvalue weighted by Crippen LogP contribution is -2.22. The maximum absolute atomic E-state index is 15.8. The highest BCUT2D eigenvalue weighted by atomic mass is 31.2. The van der Waals surface area contributed by atoms with Crippen LogP contribution in [-0.4, -0.2) is 93.8 Å². The molecule has 0 aromatic carbocycles. The van der Waals surface area contributed by atoms with Crippen LogP contribution in [0.3, 0.4) is 0 Å². The monoisotopic (exact) mass is 1150 g/mol. The lowest BCUT2D eigenvalue weighted by molar-refractivity contribution is -0.139. The highest BCUT2D eigenvalue weighted by molar-refractivity contribution is 7.48. The third-order valence-corrected chi connectivity index (χ3v) is 14.5. The molecule has 0 radical (unpaired) electrons. The predicted octanol–water partition coefficient (Wildman–Crippen LogP) is 15.7. The van der Waals surface area contributed by atoms with Crippen molar-refractivity contribution in [1.82, 2.24) is 0 Å². The van der Waals surface area contributed by atoms with Gasteiger partial charge in [-0.25, -0.2) is 33.3 Å². The topological polar surface area (TPSA) is 203 Å². The second kappa shape index (κ2) is 48.0. The summed E-state index contributed by atoms with van der Waals surface area (Å²) < 4.78 is 68.1. The Morgan fingerprint density at radius 2 is 0.400 bits per heavy atom. The van der Waals surface area contributed by atoms with Gasteiger partial charge in [0.05, 0.1) is 58.0 Å². The molecular weight excluding hydrogens is 1040 g/mol. The van der Waals surface area contributed by atoms with Crippen LogP contribution in [0, 0.1) is 0 Å². The molecule has 0 aliphatic rings. The van der Waals surface area contributed by atoms with Crippen molar-refractivity contribution in [3.63, 3.8) is 0 Å². The van der Waals surface area contributed by atoms with Gasteiger partial charge >= 0.3 is 43.6 Å². The van der Waals surface area contributed by atoms with E-state index >= 15 is 4.57 Å². The lowest BCUT2D eigenvalue weighted by Gasteiger charge is -2.31. The fourth-order valence-corrected chi connectivity index (χ4v) is 9.94. The van der Waals surface area contributed by atoms with Gasteiger partial charge in [-0.1, -0.05) is 155 Å². The molecule has 458 valence electrons. The van der Waals surface area contributed by atoms with Crippen LogP contribution in [-0.2, 0) is 75.3 Å². The van der Waals surface area contributed by atoms with Gasteiger partial charge in [-0.05, 0) is 119 Å². The van der Waals surface area contributed by atoms with Crippen molar-refractivity contribution < 1.29 is 75.3 Å². The van der Waals surface area contributed by atoms with E-state index in [1.807, 2.05) is 0 Å². The molecule has 0 saturated carbocycles. The van der Waals surface area contributed by atoms with Crippen molar-refractivity contribution in [2.24, 2.45) is 0 Å². The molecule has 0 aromatic heterocycles. The van der Waals surface area contributed by atoms with Gasteiger partial charge in [0, 0.05) is 33.4 Å². The largest absolute Gasteiger partial charge is 0.475 e. The fraction of sp³-hybridized carbons (Fsp3) is 0.714. The van der Waals surface area contributed by atoms with Gasteiger partial charge in [0.25, 0.3) is 0 Å². The number of hydrogen-bond donors (Lipinski definition) is 0. The number of carbonyl (C=O) groups excluding carboxylic acids is 6. The molecule has 0 aliphatic carbocycles. The third-order valence-electron chi connectivity index (χ3n) is 12.8. The summed E-state index contributed by atoms with van der Waals surface area (Å²) in [5, 5.41) is 0. The second-order valence-electron chi connectivity index (χ2n) is 21.3. The molecule has 80 heavy (non-hydrogen) atoms. The van der Waals surface area contributed by atoms with Gasteiger partial charge in [0.2, 0.25) is 0 Å². The Morgan fingerprint density at radius 1 is 0.263 bits per heavy atom. The van der Waals surface area contributed by atoms with Gasteiger partial charge in [0.15, 0.2) is 0 Å². The second-order valence-corrected chi connectivity index (χ2v) is 22.9. The molecule has 0 bridgehead atoms. The van der Waals surface area contributed by atoms with E-state index in [1.54, 1.807) is 41.5 Å². The first-order valence-electron chi connectivity index (χ1n) is 29.7. The number of ether oxygens (including phenoxy) is 6. The molecule has 0 fully saturated rings. The summed E-state index contributed by atoms with van der Waals surface area (Å²) in [4.78, 5) is 71.8. The first kappa shape index (κ1) is 75.4. The van der Waals surface area contributed by atoms with Gasteiger partial charge in [-0.15, -0.1) is 0 Å². The Kier molecular flexibility index (Phi) is 45.2. The normalized spacial score (nSPS) is 11.3. The number of carbonyl (C=O) groups is 6. The molecular formula is C63H105O16P. The highest BCUT2D eigenvalue weighted by Gasteiger charge is 2.37.